The number of halogens is 1. The van der Waals surface area contributed by atoms with Gasteiger partial charge < -0.3 is 8.98 Å². The van der Waals surface area contributed by atoms with Crippen molar-refractivity contribution in [2.45, 2.75) is 32.5 Å². The number of hydrogen-bond acceptors (Lipinski definition) is 6. The Bertz CT molecular complexity index is 1330. The third-order valence-electron chi connectivity index (χ3n) is 5.58. The summed E-state index contributed by atoms with van der Waals surface area (Å²) in [5, 5.41) is 3.00. The average molecular weight is 437 g/mol. The second-order valence-electron chi connectivity index (χ2n) is 7.64. The molecule has 1 aromatic carbocycles. The van der Waals surface area contributed by atoms with Gasteiger partial charge in [-0.3, -0.25) is 9.79 Å². The van der Waals surface area contributed by atoms with E-state index in [4.69, 9.17) is 9.41 Å². The topological polar surface area (TPSA) is 71.6 Å². The molecule has 158 valence electrons. The Morgan fingerprint density at radius 2 is 2.00 bits per heavy atom. The molecule has 8 heteroatoms. The highest BCUT2D eigenvalue weighted by atomic mass is 32.1. The van der Waals surface area contributed by atoms with Crippen molar-refractivity contribution in [3.8, 4) is 5.69 Å². The van der Waals surface area contributed by atoms with E-state index in [-0.39, 0.29) is 12.2 Å². The number of aldehydes is 1. The van der Waals surface area contributed by atoms with E-state index in [0.29, 0.717) is 34.6 Å². The standard InChI is InChI=1S/C23H21FN4O2S/c1-13-3-4-14(2)28(13)19-7-8-31-23(19)18-10-21(27-26-18)25-22-15(11-29)12-30-20-6-5-16(24)9-17(20)22/h3-9,11-12,18,21,26-27H,10H2,1-2H3/b25-22-. The molecule has 0 amide bonds. The third-order valence-corrected chi connectivity index (χ3v) is 6.60. The van der Waals surface area contributed by atoms with E-state index in [2.05, 4.69) is 52.8 Å². The number of fused-ring (bicyclic) bond motifs is 1. The minimum absolute atomic E-state index is 0.0565. The maximum Gasteiger partial charge on any atom is 0.155 e. The molecule has 6 nitrogen and oxygen atoms in total. The van der Waals surface area contributed by atoms with Gasteiger partial charge in [0.05, 0.1) is 22.6 Å². The third kappa shape index (κ3) is 3.52. The van der Waals surface area contributed by atoms with Crippen LogP contribution in [0.2, 0.25) is 0 Å². The van der Waals surface area contributed by atoms with Crippen LogP contribution in [0.4, 0.5) is 4.39 Å². The summed E-state index contributed by atoms with van der Waals surface area (Å²) in [5.41, 5.74) is 10.8. The number of hydrazine groups is 1. The number of nitrogens with zero attached hydrogens (tertiary/aromatic N) is 2. The summed E-state index contributed by atoms with van der Waals surface area (Å²) >= 11 is 1.70. The molecule has 0 aliphatic carbocycles. The van der Waals surface area contributed by atoms with E-state index in [0.717, 1.165) is 5.69 Å². The van der Waals surface area contributed by atoms with Crippen LogP contribution >= 0.6 is 11.3 Å². The second kappa shape index (κ2) is 7.88. The summed E-state index contributed by atoms with van der Waals surface area (Å²) < 4.78 is 21.6. The lowest BCUT2D eigenvalue weighted by Gasteiger charge is -2.14. The fraction of sp³-hybridized carbons (Fsp3) is 0.217. The molecule has 4 heterocycles. The van der Waals surface area contributed by atoms with Crippen LogP contribution in [0.3, 0.4) is 0 Å². The van der Waals surface area contributed by atoms with Crippen molar-refractivity contribution in [3.05, 3.63) is 81.0 Å². The predicted molar refractivity (Wildman–Crippen MR) is 118 cm³/mol. The molecule has 1 aliphatic heterocycles. The summed E-state index contributed by atoms with van der Waals surface area (Å²) in [5.74, 6) is -0.404. The highest BCUT2D eigenvalue weighted by Gasteiger charge is 2.28. The zero-order chi connectivity index (χ0) is 21.5. The van der Waals surface area contributed by atoms with Crippen LogP contribution in [0.1, 0.15) is 39.1 Å². The molecular formula is C23H21FN4O2S. The van der Waals surface area contributed by atoms with Gasteiger partial charge in [0.1, 0.15) is 23.8 Å². The molecule has 2 N–H and O–H groups in total. The number of aromatic nitrogens is 1. The molecule has 31 heavy (non-hydrogen) atoms. The van der Waals surface area contributed by atoms with E-state index >= 15 is 0 Å². The van der Waals surface area contributed by atoms with Crippen molar-refractivity contribution < 1.29 is 13.6 Å². The number of aryl methyl sites for hydroxylation is 2. The number of hydrogen-bond donors (Lipinski definition) is 2. The van der Waals surface area contributed by atoms with Gasteiger partial charge >= 0.3 is 0 Å². The molecule has 1 fully saturated rings. The Hall–Kier alpha value is -3.07. The van der Waals surface area contributed by atoms with Gasteiger partial charge in [-0.25, -0.2) is 15.2 Å². The summed E-state index contributed by atoms with van der Waals surface area (Å²) in [6.07, 6.45) is 2.45. The largest absolute Gasteiger partial charge is 0.463 e. The molecule has 0 spiro atoms. The molecule has 1 saturated heterocycles. The molecule has 0 radical (unpaired) electrons. The van der Waals surface area contributed by atoms with Crippen molar-refractivity contribution in [3.63, 3.8) is 0 Å². The number of benzene rings is 1. The van der Waals surface area contributed by atoms with Crippen LogP contribution in [0.15, 0.2) is 57.5 Å². The van der Waals surface area contributed by atoms with Gasteiger partial charge in [-0.2, -0.15) is 0 Å². The maximum absolute atomic E-state index is 13.9. The van der Waals surface area contributed by atoms with Crippen LogP contribution in [0.5, 0.6) is 0 Å². The summed E-state index contributed by atoms with van der Waals surface area (Å²) in [4.78, 5) is 17.5. The monoisotopic (exact) mass is 436 g/mol. The average Bonchev–Trinajstić information content (AvgIpc) is 3.48. The van der Waals surface area contributed by atoms with Gasteiger partial charge in [0.2, 0.25) is 0 Å². The Morgan fingerprint density at radius 3 is 2.77 bits per heavy atom. The first-order chi connectivity index (χ1) is 15.0. The smallest absolute Gasteiger partial charge is 0.155 e. The van der Waals surface area contributed by atoms with Gasteiger partial charge in [-0.05, 0) is 55.6 Å². The van der Waals surface area contributed by atoms with Crippen molar-refractivity contribution in [1.82, 2.24) is 15.4 Å². The number of rotatable bonds is 4. The van der Waals surface area contributed by atoms with Crippen molar-refractivity contribution in [2.24, 2.45) is 4.99 Å². The van der Waals surface area contributed by atoms with Crippen molar-refractivity contribution in [2.75, 3.05) is 0 Å². The van der Waals surface area contributed by atoms with E-state index in [1.54, 1.807) is 17.4 Å². The first-order valence-electron chi connectivity index (χ1n) is 9.99. The van der Waals surface area contributed by atoms with Gasteiger partial charge in [-0.15, -0.1) is 11.3 Å². The molecule has 1 aliphatic rings. The Labute approximate surface area is 182 Å². The summed E-state index contributed by atoms with van der Waals surface area (Å²) in [7, 11) is 0. The predicted octanol–water partition coefficient (Wildman–Crippen LogP) is 4.32. The van der Waals surface area contributed by atoms with Crippen molar-refractivity contribution >= 4 is 28.6 Å². The highest BCUT2D eigenvalue weighted by molar-refractivity contribution is 7.10. The normalized spacial score (nSPS) is 19.4. The van der Waals surface area contributed by atoms with E-state index in [1.165, 1.54) is 34.7 Å². The van der Waals surface area contributed by atoms with Gasteiger partial charge in [0, 0.05) is 28.1 Å². The van der Waals surface area contributed by atoms with E-state index in [9.17, 15) is 9.18 Å². The Kier molecular flexibility index (Phi) is 5.05. The van der Waals surface area contributed by atoms with Crippen LogP contribution < -0.4 is 16.2 Å². The molecule has 4 aromatic rings. The molecule has 5 rings (SSSR count). The summed E-state index contributed by atoms with van der Waals surface area (Å²) in [6, 6.07) is 10.6. The first-order valence-corrected chi connectivity index (χ1v) is 10.9. The lowest BCUT2D eigenvalue weighted by atomic mass is 10.1. The minimum Gasteiger partial charge on any atom is -0.463 e. The second-order valence-corrected chi connectivity index (χ2v) is 8.59. The van der Waals surface area contributed by atoms with Crippen LogP contribution in [0, 0.1) is 19.7 Å². The van der Waals surface area contributed by atoms with Gasteiger partial charge in [0.15, 0.2) is 6.29 Å². The molecular weight excluding hydrogens is 415 g/mol. The fourth-order valence-corrected chi connectivity index (χ4v) is 5.06. The number of carbonyl (C=O) groups is 1. The zero-order valence-corrected chi connectivity index (χ0v) is 17.9. The van der Waals surface area contributed by atoms with Crippen LogP contribution in [-0.2, 0) is 0 Å². The lowest BCUT2D eigenvalue weighted by molar-refractivity contribution is 0.112. The molecule has 0 saturated carbocycles. The van der Waals surface area contributed by atoms with E-state index < -0.39 is 5.82 Å². The number of carbonyl (C=O) groups excluding carboxylic acids is 1. The zero-order valence-electron chi connectivity index (χ0n) is 17.1. The molecule has 2 atom stereocenters. The quantitative estimate of drug-likeness (QED) is 0.468. The minimum atomic E-state index is -0.404. The summed E-state index contributed by atoms with van der Waals surface area (Å²) in [6.45, 7) is 4.19. The highest BCUT2D eigenvalue weighted by Crippen LogP contribution is 2.34. The maximum atomic E-state index is 13.9. The first kappa shape index (κ1) is 19.9. The molecule has 2 unspecified atom stereocenters. The van der Waals surface area contributed by atoms with Gasteiger partial charge in [0.25, 0.3) is 0 Å². The fourth-order valence-electron chi connectivity index (χ4n) is 4.12. The Morgan fingerprint density at radius 1 is 1.19 bits per heavy atom. The van der Waals surface area contributed by atoms with Crippen LogP contribution in [0.25, 0.3) is 16.7 Å². The molecule has 0 bridgehead atoms. The van der Waals surface area contributed by atoms with Gasteiger partial charge in [-0.1, -0.05) is 0 Å². The lowest BCUT2D eigenvalue weighted by Crippen LogP contribution is -2.31. The van der Waals surface area contributed by atoms with Crippen molar-refractivity contribution in [1.29, 1.82) is 0 Å². The van der Waals surface area contributed by atoms with E-state index in [1.807, 2.05) is 0 Å². The Balaban J connectivity index is 1.51. The molecule has 3 aromatic heterocycles. The number of nitrogens with one attached hydrogen (secondary N) is 2. The van der Waals surface area contributed by atoms with Crippen LogP contribution in [-0.4, -0.2) is 17.0 Å². The SMILES string of the molecule is Cc1ccc(C)n1-c1ccsc1C1CC(/N=c2/c(C=O)coc3ccc(F)cc23)NN1. The number of thiophene rings is 1.